The van der Waals surface area contributed by atoms with E-state index in [1.807, 2.05) is 0 Å². The first-order chi connectivity index (χ1) is 7.49. The van der Waals surface area contributed by atoms with Gasteiger partial charge in [0, 0.05) is 25.2 Å². The molecule has 2 N–H and O–H groups in total. The number of carbonyl (C=O) groups excluding carboxylic acids is 1. The lowest BCUT2D eigenvalue weighted by Crippen LogP contribution is -2.57. The summed E-state index contributed by atoms with van der Waals surface area (Å²) in [7, 11) is 0. The predicted molar refractivity (Wildman–Crippen MR) is 55.0 cm³/mol. The molecule has 1 saturated heterocycles. The van der Waals surface area contributed by atoms with Crippen molar-refractivity contribution in [1.82, 2.24) is 4.90 Å². The average molecular weight is 226 g/mol. The van der Waals surface area contributed by atoms with Crippen molar-refractivity contribution in [3.63, 3.8) is 0 Å². The Morgan fingerprint density at radius 2 is 2.00 bits per heavy atom. The summed E-state index contributed by atoms with van der Waals surface area (Å²) in [5.41, 5.74) is 5.70. The highest BCUT2D eigenvalue weighted by Gasteiger charge is 2.30. The van der Waals surface area contributed by atoms with Crippen LogP contribution in [0, 0.1) is 18.6 Å². The highest BCUT2D eigenvalue weighted by Crippen LogP contribution is 2.18. The number of hydrogen-bond donors (Lipinski definition) is 1. The van der Waals surface area contributed by atoms with Crippen LogP contribution in [0.25, 0.3) is 0 Å². The van der Waals surface area contributed by atoms with Gasteiger partial charge >= 0.3 is 0 Å². The zero-order valence-corrected chi connectivity index (χ0v) is 8.84. The lowest BCUT2D eigenvalue weighted by Gasteiger charge is -2.36. The first-order valence-electron chi connectivity index (χ1n) is 4.99. The van der Waals surface area contributed by atoms with Crippen LogP contribution in [0.15, 0.2) is 12.1 Å². The van der Waals surface area contributed by atoms with E-state index in [0.717, 1.165) is 6.07 Å². The molecule has 0 radical (unpaired) electrons. The summed E-state index contributed by atoms with van der Waals surface area (Å²) in [6.45, 7) is 2.34. The van der Waals surface area contributed by atoms with Gasteiger partial charge in [0.25, 0.3) is 5.91 Å². The molecule has 1 aromatic rings. The molecule has 0 aliphatic carbocycles. The maximum atomic E-state index is 13.4. The van der Waals surface area contributed by atoms with E-state index in [9.17, 15) is 13.6 Å². The number of halogens is 2. The van der Waals surface area contributed by atoms with Crippen molar-refractivity contribution in [2.45, 2.75) is 13.0 Å². The van der Waals surface area contributed by atoms with Gasteiger partial charge in [-0.1, -0.05) is 0 Å². The van der Waals surface area contributed by atoms with Crippen molar-refractivity contribution in [1.29, 1.82) is 0 Å². The maximum Gasteiger partial charge on any atom is 0.256 e. The van der Waals surface area contributed by atoms with Crippen LogP contribution < -0.4 is 5.73 Å². The molecule has 1 fully saturated rings. The molecule has 0 unspecified atom stereocenters. The molecule has 0 saturated carbocycles. The number of likely N-dealkylation sites (tertiary alicyclic amines) is 1. The number of aryl methyl sites for hydroxylation is 1. The second-order valence-corrected chi connectivity index (χ2v) is 4.05. The predicted octanol–water partition coefficient (Wildman–Crippen LogP) is 1.06. The van der Waals surface area contributed by atoms with E-state index >= 15 is 0 Å². The highest BCUT2D eigenvalue weighted by molar-refractivity contribution is 5.95. The summed E-state index contributed by atoms with van der Waals surface area (Å²) in [4.78, 5) is 13.2. The number of carbonyl (C=O) groups is 1. The number of rotatable bonds is 1. The maximum absolute atomic E-state index is 13.4. The number of benzene rings is 1. The van der Waals surface area contributed by atoms with Crippen LogP contribution in [0.3, 0.4) is 0 Å². The summed E-state index contributed by atoms with van der Waals surface area (Å²) in [6.07, 6.45) is 0. The fourth-order valence-corrected chi connectivity index (χ4v) is 1.67. The van der Waals surface area contributed by atoms with Gasteiger partial charge in [-0.05, 0) is 18.6 Å². The van der Waals surface area contributed by atoms with Crippen LogP contribution in [0.5, 0.6) is 0 Å². The Balaban J connectivity index is 2.27. The van der Waals surface area contributed by atoms with Gasteiger partial charge in [-0.25, -0.2) is 8.78 Å². The van der Waals surface area contributed by atoms with Crippen molar-refractivity contribution >= 4 is 5.91 Å². The van der Waals surface area contributed by atoms with E-state index < -0.39 is 17.5 Å². The third-order valence-electron chi connectivity index (χ3n) is 2.68. The second-order valence-electron chi connectivity index (χ2n) is 4.05. The van der Waals surface area contributed by atoms with Gasteiger partial charge in [0.2, 0.25) is 0 Å². The van der Waals surface area contributed by atoms with Crippen molar-refractivity contribution < 1.29 is 13.6 Å². The summed E-state index contributed by atoms with van der Waals surface area (Å²) in [5.74, 6) is -1.90. The van der Waals surface area contributed by atoms with E-state index in [1.54, 1.807) is 0 Å². The molecular weight excluding hydrogens is 214 g/mol. The summed E-state index contributed by atoms with van der Waals surface area (Å²) in [5, 5.41) is 0. The molecule has 1 heterocycles. The van der Waals surface area contributed by atoms with E-state index in [1.165, 1.54) is 17.9 Å². The summed E-state index contributed by atoms with van der Waals surface area (Å²) >= 11 is 0. The Bertz CT molecular complexity index is 442. The summed E-state index contributed by atoms with van der Waals surface area (Å²) in [6, 6.07) is 1.94. The Kier molecular flexibility index (Phi) is 2.63. The van der Waals surface area contributed by atoms with Crippen LogP contribution in [0.1, 0.15) is 15.9 Å². The molecule has 0 aromatic heterocycles. The van der Waals surface area contributed by atoms with Gasteiger partial charge in [-0.2, -0.15) is 0 Å². The van der Waals surface area contributed by atoms with Gasteiger partial charge in [0.15, 0.2) is 0 Å². The third-order valence-corrected chi connectivity index (χ3v) is 2.68. The molecule has 0 bridgehead atoms. The largest absolute Gasteiger partial charge is 0.335 e. The minimum atomic E-state index is -0.825. The molecule has 86 valence electrons. The molecule has 1 aromatic carbocycles. The Morgan fingerprint density at radius 1 is 1.38 bits per heavy atom. The van der Waals surface area contributed by atoms with E-state index in [0.29, 0.717) is 13.1 Å². The van der Waals surface area contributed by atoms with Crippen molar-refractivity contribution in [2.75, 3.05) is 13.1 Å². The quantitative estimate of drug-likeness (QED) is 0.778. The average Bonchev–Trinajstić information content (AvgIpc) is 2.18. The minimum absolute atomic E-state index is 0.0337. The van der Waals surface area contributed by atoms with E-state index in [2.05, 4.69) is 0 Å². The van der Waals surface area contributed by atoms with Crippen molar-refractivity contribution in [3.8, 4) is 0 Å². The third kappa shape index (κ3) is 1.78. The van der Waals surface area contributed by atoms with Crippen LogP contribution in [0.4, 0.5) is 8.78 Å². The van der Waals surface area contributed by atoms with Gasteiger partial charge in [-0.15, -0.1) is 0 Å². The lowest BCUT2D eigenvalue weighted by molar-refractivity contribution is 0.0603. The molecule has 1 aliphatic rings. The molecule has 16 heavy (non-hydrogen) atoms. The smallest absolute Gasteiger partial charge is 0.256 e. The molecule has 0 spiro atoms. The molecule has 5 heteroatoms. The number of nitrogens with zero attached hydrogens (tertiary/aromatic N) is 1. The molecule has 3 nitrogen and oxygen atoms in total. The van der Waals surface area contributed by atoms with E-state index in [4.69, 9.17) is 5.73 Å². The van der Waals surface area contributed by atoms with Gasteiger partial charge in [-0.3, -0.25) is 4.79 Å². The molecule has 1 aliphatic heterocycles. The van der Waals surface area contributed by atoms with Gasteiger partial charge in [0.1, 0.15) is 11.6 Å². The van der Waals surface area contributed by atoms with Crippen LogP contribution in [0.2, 0.25) is 0 Å². The lowest BCUT2D eigenvalue weighted by atomic mass is 10.1. The molecule has 2 rings (SSSR count). The SMILES string of the molecule is Cc1cc(C(=O)N2CC(N)C2)c(F)cc1F. The van der Waals surface area contributed by atoms with Gasteiger partial charge < -0.3 is 10.6 Å². The Labute approximate surface area is 91.8 Å². The zero-order valence-electron chi connectivity index (χ0n) is 8.84. The first-order valence-corrected chi connectivity index (χ1v) is 4.99. The monoisotopic (exact) mass is 226 g/mol. The standard InChI is InChI=1S/C11H12F2N2O/c1-6-2-8(10(13)3-9(6)12)11(16)15-4-7(14)5-15/h2-3,7H,4-5,14H2,1H3. The highest BCUT2D eigenvalue weighted by atomic mass is 19.1. The first kappa shape index (κ1) is 11.0. The van der Waals surface area contributed by atoms with Crippen LogP contribution in [-0.4, -0.2) is 29.9 Å². The van der Waals surface area contributed by atoms with Crippen molar-refractivity contribution in [3.05, 3.63) is 34.9 Å². The number of nitrogens with two attached hydrogens (primary N) is 1. The van der Waals surface area contributed by atoms with Crippen molar-refractivity contribution in [2.24, 2.45) is 5.73 Å². The fraction of sp³-hybridized carbons (Fsp3) is 0.364. The van der Waals surface area contributed by atoms with E-state index in [-0.39, 0.29) is 17.2 Å². The number of amides is 1. The zero-order chi connectivity index (χ0) is 11.9. The topological polar surface area (TPSA) is 46.3 Å². The minimum Gasteiger partial charge on any atom is -0.335 e. The van der Waals surface area contributed by atoms with Gasteiger partial charge in [0.05, 0.1) is 5.56 Å². The molecule has 0 atom stereocenters. The molecular formula is C11H12F2N2O. The Morgan fingerprint density at radius 3 is 2.56 bits per heavy atom. The number of hydrogen-bond acceptors (Lipinski definition) is 2. The Hall–Kier alpha value is -1.49. The normalized spacial score (nSPS) is 16.1. The fourth-order valence-electron chi connectivity index (χ4n) is 1.67. The summed E-state index contributed by atoms with van der Waals surface area (Å²) < 4.78 is 26.4. The van der Waals surface area contributed by atoms with Crippen LogP contribution in [-0.2, 0) is 0 Å². The second kappa shape index (κ2) is 3.83. The van der Waals surface area contributed by atoms with Crippen LogP contribution >= 0.6 is 0 Å². The molecule has 1 amide bonds.